The van der Waals surface area contributed by atoms with Crippen LogP contribution in [0.3, 0.4) is 0 Å². The van der Waals surface area contributed by atoms with E-state index in [2.05, 4.69) is 15.6 Å². The molecule has 1 atom stereocenters. The number of nitrogens with one attached hydrogen (secondary N) is 2. The van der Waals surface area contributed by atoms with Gasteiger partial charge in [0, 0.05) is 17.2 Å². The molecule has 1 aromatic carbocycles. The lowest BCUT2D eigenvalue weighted by atomic mass is 10.1. The van der Waals surface area contributed by atoms with Gasteiger partial charge >= 0.3 is 6.18 Å². The van der Waals surface area contributed by atoms with Crippen LogP contribution in [0.15, 0.2) is 36.4 Å². The first kappa shape index (κ1) is 24.2. The number of hydrogen-bond acceptors (Lipinski definition) is 4. The van der Waals surface area contributed by atoms with Gasteiger partial charge in [-0.2, -0.15) is 13.2 Å². The van der Waals surface area contributed by atoms with E-state index in [9.17, 15) is 22.8 Å². The third-order valence-electron chi connectivity index (χ3n) is 4.37. The smallest absolute Gasteiger partial charge is 0.392 e. The minimum absolute atomic E-state index is 0.154. The average Bonchev–Trinajstić information content (AvgIpc) is 2.66. The lowest BCUT2D eigenvalue weighted by molar-refractivity contribution is -0.139. The van der Waals surface area contributed by atoms with Crippen LogP contribution in [0.1, 0.15) is 54.8 Å². The van der Waals surface area contributed by atoms with E-state index in [1.807, 2.05) is 6.07 Å². The maximum Gasteiger partial charge on any atom is 0.392 e. The predicted molar refractivity (Wildman–Crippen MR) is 111 cm³/mol. The SMILES string of the molecule is Cc1cc(C(C)NC(=O)c2ccc(OCCC(F)(F)F)cc2)cc(NC(=O)C(C)C)n1. The van der Waals surface area contributed by atoms with Crippen LogP contribution in [0.25, 0.3) is 0 Å². The normalized spacial score (nSPS) is 12.4. The maximum atomic E-state index is 12.5. The molecule has 31 heavy (non-hydrogen) atoms. The summed E-state index contributed by atoms with van der Waals surface area (Å²) >= 11 is 0. The minimum Gasteiger partial charge on any atom is -0.493 e. The summed E-state index contributed by atoms with van der Waals surface area (Å²) in [5.74, 6) is -0.0301. The van der Waals surface area contributed by atoms with E-state index in [-0.39, 0.29) is 29.5 Å². The first-order chi connectivity index (χ1) is 14.4. The van der Waals surface area contributed by atoms with E-state index < -0.39 is 19.2 Å². The van der Waals surface area contributed by atoms with Gasteiger partial charge in [0.15, 0.2) is 0 Å². The topological polar surface area (TPSA) is 80.3 Å². The molecule has 1 unspecified atom stereocenters. The Morgan fingerprint density at radius 3 is 2.32 bits per heavy atom. The third kappa shape index (κ3) is 7.92. The molecular formula is C22H26F3N3O3. The number of pyridine rings is 1. The molecule has 2 N–H and O–H groups in total. The molecule has 6 nitrogen and oxygen atoms in total. The summed E-state index contributed by atoms with van der Waals surface area (Å²) in [7, 11) is 0. The van der Waals surface area contributed by atoms with Gasteiger partial charge in [0.1, 0.15) is 11.6 Å². The number of aromatic nitrogens is 1. The van der Waals surface area contributed by atoms with Crippen LogP contribution in [0.2, 0.25) is 0 Å². The molecule has 2 amide bonds. The van der Waals surface area contributed by atoms with Gasteiger partial charge in [0.2, 0.25) is 5.91 Å². The van der Waals surface area contributed by atoms with Crippen LogP contribution in [-0.2, 0) is 4.79 Å². The van der Waals surface area contributed by atoms with E-state index in [1.165, 1.54) is 24.3 Å². The summed E-state index contributed by atoms with van der Waals surface area (Å²) in [6.45, 7) is 6.67. The second-order valence-electron chi connectivity index (χ2n) is 7.50. The molecule has 0 saturated carbocycles. The van der Waals surface area contributed by atoms with Crippen LogP contribution in [0.5, 0.6) is 5.75 Å². The second kappa shape index (κ2) is 10.3. The van der Waals surface area contributed by atoms with Crippen molar-refractivity contribution in [2.24, 2.45) is 5.92 Å². The van der Waals surface area contributed by atoms with Gasteiger partial charge in [-0.05, 0) is 55.8 Å². The lowest BCUT2D eigenvalue weighted by Crippen LogP contribution is -2.27. The summed E-state index contributed by atoms with van der Waals surface area (Å²) in [5.41, 5.74) is 1.80. The number of aryl methyl sites for hydroxylation is 1. The van der Waals surface area contributed by atoms with Crippen molar-refractivity contribution in [3.8, 4) is 5.75 Å². The Hall–Kier alpha value is -3.10. The average molecular weight is 437 g/mol. The summed E-state index contributed by atoms with van der Waals surface area (Å²) < 4.78 is 41.6. The number of hydrogen-bond donors (Lipinski definition) is 2. The molecule has 0 saturated heterocycles. The van der Waals surface area contributed by atoms with Gasteiger partial charge in [-0.25, -0.2) is 4.98 Å². The molecule has 0 spiro atoms. The number of carbonyl (C=O) groups is 2. The third-order valence-corrected chi connectivity index (χ3v) is 4.37. The highest BCUT2D eigenvalue weighted by atomic mass is 19.4. The Bertz CT molecular complexity index is 912. The molecule has 0 aliphatic heterocycles. The molecule has 0 fully saturated rings. The van der Waals surface area contributed by atoms with Gasteiger partial charge in [-0.3, -0.25) is 9.59 Å². The Morgan fingerprint density at radius 2 is 1.74 bits per heavy atom. The van der Waals surface area contributed by atoms with Crippen LogP contribution in [0.4, 0.5) is 19.0 Å². The predicted octanol–water partition coefficient (Wildman–Crippen LogP) is 4.81. The van der Waals surface area contributed by atoms with Crippen molar-refractivity contribution in [2.75, 3.05) is 11.9 Å². The van der Waals surface area contributed by atoms with Gasteiger partial charge in [0.25, 0.3) is 5.91 Å². The van der Waals surface area contributed by atoms with E-state index in [0.29, 0.717) is 17.1 Å². The quantitative estimate of drug-likeness (QED) is 0.621. The molecule has 0 radical (unpaired) electrons. The van der Waals surface area contributed by atoms with E-state index >= 15 is 0 Å². The summed E-state index contributed by atoms with van der Waals surface area (Å²) in [4.78, 5) is 28.8. The first-order valence-electron chi connectivity index (χ1n) is 9.84. The zero-order chi connectivity index (χ0) is 23.2. The van der Waals surface area contributed by atoms with E-state index in [4.69, 9.17) is 4.74 Å². The molecule has 2 rings (SSSR count). The minimum atomic E-state index is -4.28. The number of ether oxygens (including phenoxy) is 1. The number of halogens is 3. The Labute approximate surface area is 179 Å². The highest BCUT2D eigenvalue weighted by Crippen LogP contribution is 2.21. The van der Waals surface area contributed by atoms with E-state index in [0.717, 1.165) is 5.56 Å². The number of rotatable bonds is 8. The monoisotopic (exact) mass is 437 g/mol. The van der Waals surface area contributed by atoms with Crippen molar-refractivity contribution in [1.82, 2.24) is 10.3 Å². The van der Waals surface area contributed by atoms with Crippen LogP contribution in [-0.4, -0.2) is 29.6 Å². The zero-order valence-corrected chi connectivity index (χ0v) is 17.8. The van der Waals surface area contributed by atoms with Crippen LogP contribution in [0, 0.1) is 12.8 Å². The Balaban J connectivity index is 2.00. The highest BCUT2D eigenvalue weighted by Gasteiger charge is 2.26. The fourth-order valence-corrected chi connectivity index (χ4v) is 2.63. The van der Waals surface area contributed by atoms with Gasteiger partial charge in [-0.15, -0.1) is 0 Å². The van der Waals surface area contributed by atoms with Gasteiger partial charge in [0.05, 0.1) is 19.1 Å². The molecule has 168 valence electrons. The number of nitrogens with zero attached hydrogens (tertiary/aromatic N) is 1. The molecule has 0 aliphatic rings. The van der Waals surface area contributed by atoms with Crippen molar-refractivity contribution >= 4 is 17.6 Å². The largest absolute Gasteiger partial charge is 0.493 e. The number of anilines is 1. The fraction of sp³-hybridized carbons (Fsp3) is 0.409. The van der Waals surface area contributed by atoms with Crippen molar-refractivity contribution < 1.29 is 27.5 Å². The molecule has 1 aromatic heterocycles. The van der Waals surface area contributed by atoms with Crippen molar-refractivity contribution in [3.63, 3.8) is 0 Å². The van der Waals surface area contributed by atoms with Crippen LogP contribution < -0.4 is 15.4 Å². The standard InChI is InChI=1S/C22H26F3N3O3/c1-13(2)20(29)28-19-12-17(11-14(3)26-19)15(4)27-21(30)16-5-7-18(8-6-16)31-10-9-22(23,24)25/h5-8,11-13,15H,9-10H2,1-4H3,(H,27,30)(H,26,28,29). The number of amides is 2. The van der Waals surface area contributed by atoms with Gasteiger partial charge in [-0.1, -0.05) is 13.8 Å². The number of alkyl halides is 3. The first-order valence-corrected chi connectivity index (χ1v) is 9.84. The van der Waals surface area contributed by atoms with E-state index in [1.54, 1.807) is 33.8 Å². The lowest BCUT2D eigenvalue weighted by Gasteiger charge is -2.17. The second-order valence-corrected chi connectivity index (χ2v) is 7.50. The summed E-state index contributed by atoms with van der Waals surface area (Å²) in [6.07, 6.45) is -5.32. The number of benzene rings is 1. The molecule has 1 heterocycles. The molecule has 0 bridgehead atoms. The molecule has 0 aliphatic carbocycles. The van der Waals surface area contributed by atoms with Crippen molar-refractivity contribution in [1.29, 1.82) is 0 Å². The Morgan fingerprint density at radius 1 is 1.10 bits per heavy atom. The molecule has 2 aromatic rings. The summed E-state index contributed by atoms with van der Waals surface area (Å²) in [5, 5.41) is 5.60. The zero-order valence-electron chi connectivity index (χ0n) is 17.8. The van der Waals surface area contributed by atoms with Crippen molar-refractivity contribution in [2.45, 2.75) is 46.3 Å². The molecule has 9 heteroatoms. The Kier molecular flexibility index (Phi) is 8.01. The maximum absolute atomic E-state index is 12.5. The fourth-order valence-electron chi connectivity index (χ4n) is 2.63. The highest BCUT2D eigenvalue weighted by molar-refractivity contribution is 5.94. The van der Waals surface area contributed by atoms with Crippen LogP contribution >= 0.6 is 0 Å². The van der Waals surface area contributed by atoms with Gasteiger partial charge < -0.3 is 15.4 Å². The van der Waals surface area contributed by atoms with Crippen molar-refractivity contribution in [3.05, 3.63) is 53.2 Å². The molecular weight excluding hydrogens is 411 g/mol. The number of carbonyl (C=O) groups excluding carboxylic acids is 2. The summed E-state index contributed by atoms with van der Waals surface area (Å²) in [6, 6.07) is 9.02.